The molecule has 0 saturated heterocycles. The molecule has 210 valence electrons. The second-order valence-electron chi connectivity index (χ2n) is 9.23. The van der Waals surface area contributed by atoms with Crippen molar-refractivity contribution in [3.63, 3.8) is 0 Å². The molecule has 2 nitrogen and oxygen atoms in total. The van der Waals surface area contributed by atoms with E-state index in [4.69, 9.17) is 4.74 Å². The van der Waals surface area contributed by atoms with Crippen molar-refractivity contribution < 1.29 is 40.2 Å². The van der Waals surface area contributed by atoms with E-state index in [1.807, 2.05) is 0 Å². The molecule has 0 saturated carbocycles. The first-order chi connectivity index (χ1) is 19.0. The first-order valence-corrected chi connectivity index (χ1v) is 12.4. The van der Waals surface area contributed by atoms with Gasteiger partial charge in [-0.05, 0) is 59.9 Å². The maximum absolute atomic E-state index is 15.2. The van der Waals surface area contributed by atoms with Crippen LogP contribution in [0.5, 0.6) is 11.5 Å². The van der Waals surface area contributed by atoms with Crippen LogP contribution in [0.4, 0.5) is 30.7 Å². The van der Waals surface area contributed by atoms with Gasteiger partial charge in [-0.25, -0.2) is 17.6 Å². The van der Waals surface area contributed by atoms with Gasteiger partial charge in [-0.15, -0.1) is 0 Å². The van der Waals surface area contributed by atoms with Crippen LogP contribution in [0.2, 0.25) is 0 Å². The number of fused-ring (bicyclic) bond motifs is 1. The molecule has 4 rings (SSSR count). The average Bonchev–Trinajstić information content (AvgIpc) is 2.90. The summed E-state index contributed by atoms with van der Waals surface area (Å²) in [5, 5.41) is 0.981. The Labute approximate surface area is 226 Å². The summed E-state index contributed by atoms with van der Waals surface area (Å²) in [4.78, 5) is 0. The Balaban J connectivity index is 1.41. The summed E-state index contributed by atoms with van der Waals surface area (Å²) in [7, 11) is 0. The third kappa shape index (κ3) is 7.34. The maximum Gasteiger partial charge on any atom is 0.422 e. The molecule has 4 aromatic carbocycles. The van der Waals surface area contributed by atoms with Gasteiger partial charge >= 0.3 is 6.18 Å². The molecule has 0 spiro atoms. The zero-order valence-corrected chi connectivity index (χ0v) is 21.3. The van der Waals surface area contributed by atoms with Crippen LogP contribution < -0.4 is 9.47 Å². The zero-order valence-electron chi connectivity index (χ0n) is 21.3. The SMILES string of the molecule is C=CCOc1cc(F)c(CCc2ccc3c(F)c(CCc4ccc(OCC(F)(F)F)c(F)c4)ccc3c2)c(F)c1. The van der Waals surface area contributed by atoms with E-state index < -0.39 is 41.8 Å². The molecule has 0 heterocycles. The highest BCUT2D eigenvalue weighted by Crippen LogP contribution is 2.27. The largest absolute Gasteiger partial charge is 0.489 e. The standard InChI is InChI=1S/C31H25F7O2/c1-2-13-39-23-16-26(32)25(27(33)17-23)11-5-19-4-10-24-22(14-19)9-8-21(30(24)35)7-3-20-6-12-29(28(34)15-20)40-18-31(36,37)38/h2,4,6,8-10,12,14-17H,1,3,5,7,11,13,18H2. The smallest absolute Gasteiger partial charge is 0.422 e. The fourth-order valence-corrected chi connectivity index (χ4v) is 4.32. The van der Waals surface area contributed by atoms with Gasteiger partial charge in [0.05, 0.1) is 0 Å². The second kappa shape index (κ2) is 12.4. The van der Waals surface area contributed by atoms with E-state index in [-0.39, 0.29) is 37.2 Å². The van der Waals surface area contributed by atoms with Crippen molar-refractivity contribution in [3.05, 3.63) is 119 Å². The van der Waals surface area contributed by atoms with Crippen LogP contribution in [0.3, 0.4) is 0 Å². The van der Waals surface area contributed by atoms with Crippen molar-refractivity contribution in [2.45, 2.75) is 31.9 Å². The molecule has 0 aromatic heterocycles. The third-order valence-electron chi connectivity index (χ3n) is 6.32. The monoisotopic (exact) mass is 562 g/mol. The Morgan fingerprint density at radius 1 is 0.700 bits per heavy atom. The summed E-state index contributed by atoms with van der Waals surface area (Å²) < 4.78 is 105. The Bertz CT molecular complexity index is 1490. The molecule has 9 heteroatoms. The van der Waals surface area contributed by atoms with E-state index in [2.05, 4.69) is 11.3 Å². The van der Waals surface area contributed by atoms with Crippen molar-refractivity contribution in [1.29, 1.82) is 0 Å². The minimum absolute atomic E-state index is 0.0658. The van der Waals surface area contributed by atoms with Gasteiger partial charge in [0, 0.05) is 23.1 Å². The minimum atomic E-state index is -4.58. The van der Waals surface area contributed by atoms with E-state index in [9.17, 15) is 26.3 Å². The van der Waals surface area contributed by atoms with Crippen LogP contribution in [0.1, 0.15) is 22.3 Å². The van der Waals surface area contributed by atoms with Crippen LogP contribution in [-0.2, 0) is 25.7 Å². The van der Waals surface area contributed by atoms with E-state index >= 15 is 4.39 Å². The summed E-state index contributed by atoms with van der Waals surface area (Å²) in [6, 6.07) is 14.3. The molecule has 4 aromatic rings. The van der Waals surface area contributed by atoms with Crippen LogP contribution in [0.25, 0.3) is 10.8 Å². The molecule has 0 amide bonds. The van der Waals surface area contributed by atoms with Crippen molar-refractivity contribution in [3.8, 4) is 11.5 Å². The lowest BCUT2D eigenvalue weighted by Crippen LogP contribution is -2.19. The number of aryl methyl sites for hydroxylation is 3. The van der Waals surface area contributed by atoms with Gasteiger partial charge in [-0.1, -0.05) is 49.1 Å². The molecule has 0 fully saturated rings. The van der Waals surface area contributed by atoms with Gasteiger partial charge in [-0.2, -0.15) is 13.2 Å². The van der Waals surface area contributed by atoms with E-state index in [1.54, 1.807) is 30.3 Å². The summed E-state index contributed by atoms with van der Waals surface area (Å²) in [5.41, 5.74) is 1.57. The van der Waals surface area contributed by atoms with Crippen molar-refractivity contribution in [2.24, 2.45) is 0 Å². The number of rotatable bonds is 11. The second-order valence-corrected chi connectivity index (χ2v) is 9.23. The van der Waals surface area contributed by atoms with Gasteiger partial charge in [0.25, 0.3) is 0 Å². The van der Waals surface area contributed by atoms with E-state index in [1.165, 1.54) is 12.1 Å². The molecule has 0 aliphatic carbocycles. The summed E-state index contributed by atoms with van der Waals surface area (Å²) in [6.07, 6.45) is -2.19. The predicted molar refractivity (Wildman–Crippen MR) is 139 cm³/mol. The van der Waals surface area contributed by atoms with Gasteiger partial charge in [0.2, 0.25) is 0 Å². The molecule has 0 atom stereocenters. The van der Waals surface area contributed by atoms with Crippen LogP contribution in [0.15, 0.2) is 73.3 Å². The highest BCUT2D eigenvalue weighted by molar-refractivity contribution is 5.84. The number of halogens is 7. The number of hydrogen-bond acceptors (Lipinski definition) is 2. The number of benzene rings is 4. The Morgan fingerprint density at radius 3 is 2.05 bits per heavy atom. The summed E-state index contributed by atoms with van der Waals surface area (Å²) in [6.45, 7) is 2.02. The van der Waals surface area contributed by atoms with Crippen molar-refractivity contribution in [1.82, 2.24) is 0 Å². The Kier molecular flexibility index (Phi) is 9.02. The van der Waals surface area contributed by atoms with Gasteiger partial charge in [0.1, 0.15) is 29.8 Å². The average molecular weight is 563 g/mol. The Hall–Kier alpha value is -4.01. The molecule has 0 bridgehead atoms. The molecule has 0 aliphatic heterocycles. The molecule has 40 heavy (non-hydrogen) atoms. The first-order valence-electron chi connectivity index (χ1n) is 12.4. The molecule has 0 aliphatic rings. The van der Waals surface area contributed by atoms with Gasteiger partial charge in [0.15, 0.2) is 18.2 Å². The van der Waals surface area contributed by atoms with Crippen LogP contribution in [0, 0.1) is 23.3 Å². The lowest BCUT2D eigenvalue weighted by molar-refractivity contribution is -0.153. The fourth-order valence-electron chi connectivity index (χ4n) is 4.32. The quantitative estimate of drug-likeness (QED) is 0.135. The highest BCUT2D eigenvalue weighted by Gasteiger charge is 2.29. The highest BCUT2D eigenvalue weighted by atomic mass is 19.4. The molecule has 0 radical (unpaired) electrons. The van der Waals surface area contributed by atoms with Crippen molar-refractivity contribution >= 4 is 10.8 Å². The number of hydrogen-bond donors (Lipinski definition) is 0. The molecule has 0 unspecified atom stereocenters. The normalized spacial score (nSPS) is 11.6. The molecular formula is C31H25F7O2. The van der Waals surface area contributed by atoms with Crippen LogP contribution in [-0.4, -0.2) is 19.4 Å². The van der Waals surface area contributed by atoms with Crippen molar-refractivity contribution in [2.75, 3.05) is 13.2 Å². The molecule has 0 N–H and O–H groups in total. The first kappa shape index (κ1) is 29.0. The number of ether oxygens (including phenoxy) is 2. The lowest BCUT2D eigenvalue weighted by Gasteiger charge is -2.12. The number of alkyl halides is 3. The van der Waals surface area contributed by atoms with E-state index in [0.717, 1.165) is 29.8 Å². The summed E-state index contributed by atoms with van der Waals surface area (Å²) in [5.74, 6) is -3.22. The van der Waals surface area contributed by atoms with Gasteiger partial charge < -0.3 is 9.47 Å². The predicted octanol–water partition coefficient (Wildman–Crippen LogP) is 8.47. The van der Waals surface area contributed by atoms with E-state index in [0.29, 0.717) is 28.3 Å². The Morgan fingerprint density at radius 2 is 1.38 bits per heavy atom. The topological polar surface area (TPSA) is 18.5 Å². The maximum atomic E-state index is 15.2. The molecular weight excluding hydrogens is 537 g/mol. The van der Waals surface area contributed by atoms with Crippen LogP contribution >= 0.6 is 0 Å². The lowest BCUT2D eigenvalue weighted by atomic mass is 9.97. The fraction of sp³-hybridized carbons (Fsp3) is 0.226. The minimum Gasteiger partial charge on any atom is -0.489 e. The van der Waals surface area contributed by atoms with Gasteiger partial charge in [-0.3, -0.25) is 0 Å². The third-order valence-corrected chi connectivity index (χ3v) is 6.32. The zero-order chi connectivity index (χ0) is 28.9. The summed E-state index contributed by atoms with van der Waals surface area (Å²) >= 11 is 0.